The molecule has 0 aliphatic heterocycles. The van der Waals surface area contributed by atoms with Crippen LogP contribution in [0.4, 0.5) is 0 Å². The number of rotatable bonds is 6. The van der Waals surface area contributed by atoms with Gasteiger partial charge in [0.1, 0.15) is 5.75 Å². The molecule has 0 aliphatic rings. The lowest BCUT2D eigenvalue weighted by molar-refractivity contribution is 0.306. The number of benzene rings is 1. The Hall–Kier alpha value is -0.550. The van der Waals surface area contributed by atoms with Crippen molar-refractivity contribution in [3.05, 3.63) is 29.8 Å². The summed E-state index contributed by atoms with van der Waals surface area (Å²) >= 11 is 0. The van der Waals surface area contributed by atoms with Gasteiger partial charge in [-0.25, -0.2) is 0 Å². The van der Waals surface area contributed by atoms with Gasteiger partial charge in [0.25, 0.3) is 0 Å². The zero-order chi connectivity index (χ0) is 10.2. The van der Waals surface area contributed by atoms with Crippen molar-refractivity contribution >= 4 is 9.24 Å². The first-order chi connectivity index (χ1) is 6.83. The molecule has 0 saturated carbocycles. The van der Waals surface area contributed by atoms with Crippen LogP contribution in [0, 0.1) is 6.92 Å². The van der Waals surface area contributed by atoms with Crippen molar-refractivity contribution in [1.82, 2.24) is 0 Å². The van der Waals surface area contributed by atoms with Crippen molar-refractivity contribution in [2.24, 2.45) is 0 Å². The third-order valence-electron chi connectivity index (χ3n) is 2.11. The normalized spacial score (nSPS) is 10.1. The lowest BCUT2D eigenvalue weighted by Gasteiger charge is -2.06. The third kappa shape index (κ3) is 4.62. The Balaban J connectivity index is 2.18. The van der Waals surface area contributed by atoms with E-state index in [0.717, 1.165) is 18.8 Å². The number of unbranched alkanes of at least 4 members (excludes halogenated alkanes) is 2. The molecule has 1 nitrogen and oxygen atoms in total. The Bertz CT molecular complexity index is 260. The molecule has 0 heterocycles. The van der Waals surface area contributed by atoms with Crippen molar-refractivity contribution < 1.29 is 4.74 Å². The van der Waals surface area contributed by atoms with E-state index in [9.17, 15) is 0 Å². The molecule has 14 heavy (non-hydrogen) atoms. The molecule has 0 fully saturated rings. The van der Waals surface area contributed by atoms with Gasteiger partial charge in [-0.1, -0.05) is 12.1 Å². The van der Waals surface area contributed by atoms with Gasteiger partial charge in [-0.15, -0.1) is 9.24 Å². The molecule has 1 atom stereocenters. The van der Waals surface area contributed by atoms with Crippen molar-refractivity contribution in [1.29, 1.82) is 0 Å². The second-order valence-corrected chi connectivity index (χ2v) is 4.09. The Labute approximate surface area is 89.1 Å². The minimum Gasteiger partial charge on any atom is -0.494 e. The molecule has 0 spiro atoms. The molecule has 78 valence electrons. The minimum absolute atomic E-state index is 0.841. The smallest absolute Gasteiger partial charge is 0.119 e. The second kappa shape index (κ2) is 6.84. The fourth-order valence-electron chi connectivity index (χ4n) is 1.32. The molecule has 0 saturated heterocycles. The van der Waals surface area contributed by atoms with E-state index in [1.165, 1.54) is 24.6 Å². The van der Waals surface area contributed by atoms with Gasteiger partial charge in [-0.05, 0) is 50.0 Å². The molecule has 0 N–H and O–H groups in total. The van der Waals surface area contributed by atoms with Crippen LogP contribution in [0.2, 0.25) is 0 Å². The predicted octanol–water partition coefficient (Wildman–Crippen LogP) is 3.42. The Morgan fingerprint density at radius 3 is 2.79 bits per heavy atom. The van der Waals surface area contributed by atoms with E-state index < -0.39 is 0 Å². The molecular formula is C12H19OP. The summed E-state index contributed by atoms with van der Waals surface area (Å²) in [6.07, 6.45) is 4.89. The Morgan fingerprint density at radius 1 is 1.21 bits per heavy atom. The van der Waals surface area contributed by atoms with E-state index in [4.69, 9.17) is 4.74 Å². The van der Waals surface area contributed by atoms with E-state index in [-0.39, 0.29) is 0 Å². The van der Waals surface area contributed by atoms with Gasteiger partial charge in [-0.3, -0.25) is 0 Å². The number of hydrogen-bond acceptors (Lipinski definition) is 1. The highest BCUT2D eigenvalue weighted by atomic mass is 31.0. The molecule has 0 aromatic heterocycles. The van der Waals surface area contributed by atoms with Gasteiger partial charge in [0.15, 0.2) is 0 Å². The molecule has 2 heteroatoms. The first-order valence-corrected chi connectivity index (χ1v) is 6.04. The van der Waals surface area contributed by atoms with Crippen LogP contribution in [0.25, 0.3) is 0 Å². The summed E-state index contributed by atoms with van der Waals surface area (Å²) in [6.45, 7) is 2.93. The lowest BCUT2D eigenvalue weighted by atomic mass is 10.2. The van der Waals surface area contributed by atoms with Crippen molar-refractivity contribution in [3.8, 4) is 5.75 Å². The van der Waals surface area contributed by atoms with Gasteiger partial charge in [0.2, 0.25) is 0 Å². The minimum atomic E-state index is 0.841. The van der Waals surface area contributed by atoms with Crippen molar-refractivity contribution in [2.45, 2.75) is 26.2 Å². The van der Waals surface area contributed by atoms with Gasteiger partial charge < -0.3 is 4.74 Å². The van der Waals surface area contributed by atoms with Crippen LogP contribution in [-0.4, -0.2) is 12.8 Å². The molecule has 1 aromatic carbocycles. The molecular weight excluding hydrogens is 191 g/mol. The maximum Gasteiger partial charge on any atom is 0.119 e. The largest absolute Gasteiger partial charge is 0.494 e. The first-order valence-electron chi connectivity index (χ1n) is 5.22. The van der Waals surface area contributed by atoms with Crippen LogP contribution >= 0.6 is 9.24 Å². The predicted molar refractivity (Wildman–Crippen MR) is 65.1 cm³/mol. The average molecular weight is 210 g/mol. The summed E-state index contributed by atoms with van der Waals surface area (Å²) in [5.41, 5.74) is 1.26. The van der Waals surface area contributed by atoms with E-state index in [1.54, 1.807) is 0 Å². The van der Waals surface area contributed by atoms with E-state index in [1.807, 2.05) is 12.1 Å². The quantitative estimate of drug-likeness (QED) is 0.516. The summed E-state index contributed by atoms with van der Waals surface area (Å²) in [5, 5.41) is 0. The summed E-state index contributed by atoms with van der Waals surface area (Å²) in [6, 6.07) is 8.22. The van der Waals surface area contributed by atoms with Crippen molar-refractivity contribution in [3.63, 3.8) is 0 Å². The summed E-state index contributed by atoms with van der Waals surface area (Å²) in [7, 11) is 2.75. The average Bonchev–Trinajstić information content (AvgIpc) is 2.18. The number of hydrogen-bond donors (Lipinski definition) is 0. The highest BCUT2D eigenvalue weighted by Gasteiger charge is 1.93. The van der Waals surface area contributed by atoms with E-state index in [2.05, 4.69) is 28.3 Å². The maximum absolute atomic E-state index is 5.63. The topological polar surface area (TPSA) is 9.23 Å². The Kier molecular flexibility index (Phi) is 5.63. The highest BCUT2D eigenvalue weighted by molar-refractivity contribution is 7.16. The van der Waals surface area contributed by atoms with Gasteiger partial charge in [0, 0.05) is 0 Å². The molecule has 0 amide bonds. The molecule has 0 radical (unpaired) electrons. The molecule has 0 aliphatic carbocycles. The summed E-state index contributed by atoms with van der Waals surface area (Å²) in [4.78, 5) is 0. The fourth-order valence-corrected chi connectivity index (χ4v) is 1.61. The first kappa shape index (κ1) is 11.5. The van der Waals surface area contributed by atoms with Crippen LogP contribution in [0.5, 0.6) is 5.75 Å². The number of ether oxygens (including phenoxy) is 1. The zero-order valence-corrected chi connectivity index (χ0v) is 9.99. The molecule has 1 aromatic rings. The SMILES string of the molecule is Cc1cccc(OCCCCCP)c1. The van der Waals surface area contributed by atoms with Crippen LogP contribution in [0.1, 0.15) is 24.8 Å². The zero-order valence-electron chi connectivity index (χ0n) is 8.83. The number of aryl methyl sites for hydroxylation is 1. The highest BCUT2D eigenvalue weighted by Crippen LogP contribution is 2.12. The standard InChI is InChI=1S/C12H19OP/c1-11-6-5-7-12(10-11)13-8-3-2-4-9-14/h5-7,10H,2-4,8-9,14H2,1H3. The van der Waals surface area contributed by atoms with Gasteiger partial charge >= 0.3 is 0 Å². The van der Waals surface area contributed by atoms with E-state index in [0.29, 0.717) is 0 Å². The third-order valence-corrected chi connectivity index (χ3v) is 2.51. The van der Waals surface area contributed by atoms with Crippen molar-refractivity contribution in [2.75, 3.05) is 12.8 Å². The van der Waals surface area contributed by atoms with Crippen LogP contribution in [-0.2, 0) is 0 Å². The van der Waals surface area contributed by atoms with Crippen LogP contribution in [0.3, 0.4) is 0 Å². The second-order valence-electron chi connectivity index (χ2n) is 3.51. The van der Waals surface area contributed by atoms with Crippen LogP contribution in [0.15, 0.2) is 24.3 Å². The summed E-state index contributed by atoms with van der Waals surface area (Å²) in [5.74, 6) is 0.996. The summed E-state index contributed by atoms with van der Waals surface area (Å²) < 4.78 is 5.63. The monoisotopic (exact) mass is 210 g/mol. The lowest BCUT2D eigenvalue weighted by Crippen LogP contribution is -1.97. The van der Waals surface area contributed by atoms with Gasteiger partial charge in [0.05, 0.1) is 6.61 Å². The van der Waals surface area contributed by atoms with Gasteiger partial charge in [-0.2, -0.15) is 0 Å². The molecule has 1 unspecified atom stereocenters. The fraction of sp³-hybridized carbons (Fsp3) is 0.500. The maximum atomic E-state index is 5.63. The van der Waals surface area contributed by atoms with E-state index >= 15 is 0 Å². The Morgan fingerprint density at radius 2 is 2.07 bits per heavy atom. The van der Waals surface area contributed by atoms with Crippen LogP contribution < -0.4 is 4.74 Å². The molecule has 1 rings (SSSR count). The molecule has 0 bridgehead atoms.